The van der Waals surface area contributed by atoms with Gasteiger partial charge in [-0.15, -0.1) is 0 Å². The van der Waals surface area contributed by atoms with Crippen LogP contribution in [0.4, 0.5) is 13.2 Å². The van der Waals surface area contributed by atoms with Crippen LogP contribution in [0.3, 0.4) is 0 Å². The van der Waals surface area contributed by atoms with Crippen molar-refractivity contribution in [1.29, 1.82) is 0 Å². The molecule has 14 heavy (non-hydrogen) atoms. The van der Waals surface area contributed by atoms with E-state index in [2.05, 4.69) is 5.32 Å². The fourth-order valence-electron chi connectivity index (χ4n) is 1.48. The maximum absolute atomic E-state index is 11.9. The molecule has 1 saturated heterocycles. The highest BCUT2D eigenvalue weighted by Gasteiger charge is 2.40. The van der Waals surface area contributed by atoms with Gasteiger partial charge in [-0.1, -0.05) is 6.92 Å². The second-order valence-electron chi connectivity index (χ2n) is 3.55. The molecule has 1 rings (SSSR count). The molecule has 0 aliphatic carbocycles. The van der Waals surface area contributed by atoms with Crippen LogP contribution in [0.2, 0.25) is 0 Å². The molecule has 0 aromatic carbocycles. The summed E-state index contributed by atoms with van der Waals surface area (Å²) in [6.45, 7) is 3.10. The minimum absolute atomic E-state index is 0.0371. The zero-order chi connectivity index (χ0) is 10.8. The highest BCUT2D eigenvalue weighted by Crippen LogP contribution is 2.17. The van der Waals surface area contributed by atoms with Gasteiger partial charge in [0, 0.05) is 6.04 Å². The Labute approximate surface area is 80.0 Å². The third-order valence-electron chi connectivity index (χ3n) is 2.36. The number of rotatable bonds is 1. The largest absolute Gasteiger partial charge is 0.471 e. The lowest BCUT2D eigenvalue weighted by molar-refractivity contribution is -0.174. The van der Waals surface area contributed by atoms with E-state index in [0.717, 1.165) is 0 Å². The highest BCUT2D eigenvalue weighted by atomic mass is 19.4. The molecular weight excluding hydrogens is 197 g/mol. The van der Waals surface area contributed by atoms with Gasteiger partial charge in [-0.25, -0.2) is 0 Å². The number of hydrogen-bond donors (Lipinski definition) is 2. The van der Waals surface area contributed by atoms with Gasteiger partial charge in [-0.3, -0.25) is 4.79 Å². The van der Waals surface area contributed by atoms with E-state index >= 15 is 0 Å². The van der Waals surface area contributed by atoms with Crippen molar-refractivity contribution in [2.45, 2.75) is 25.6 Å². The molecule has 1 amide bonds. The maximum Gasteiger partial charge on any atom is 0.471 e. The van der Waals surface area contributed by atoms with Crippen LogP contribution in [0, 0.1) is 5.92 Å². The zero-order valence-electron chi connectivity index (χ0n) is 7.82. The van der Waals surface area contributed by atoms with Gasteiger partial charge in [-0.2, -0.15) is 13.2 Å². The number of halogens is 3. The fourth-order valence-corrected chi connectivity index (χ4v) is 1.48. The molecule has 1 aliphatic rings. The van der Waals surface area contributed by atoms with Gasteiger partial charge in [0.05, 0.1) is 0 Å². The summed E-state index contributed by atoms with van der Waals surface area (Å²) in [5.41, 5.74) is 0. The highest BCUT2D eigenvalue weighted by molar-refractivity contribution is 5.81. The van der Waals surface area contributed by atoms with Gasteiger partial charge in [-0.05, 0) is 25.4 Å². The van der Waals surface area contributed by atoms with Crippen molar-refractivity contribution < 1.29 is 18.0 Å². The molecule has 3 nitrogen and oxygen atoms in total. The first-order valence-electron chi connectivity index (χ1n) is 4.49. The van der Waals surface area contributed by atoms with E-state index < -0.39 is 12.1 Å². The number of carbonyl (C=O) groups excluding carboxylic acids is 1. The fraction of sp³-hybridized carbons (Fsp3) is 0.875. The molecule has 0 aromatic rings. The number of nitrogens with one attached hydrogen (secondary N) is 2. The Morgan fingerprint density at radius 1 is 1.50 bits per heavy atom. The number of piperidine rings is 1. The first-order valence-corrected chi connectivity index (χ1v) is 4.49. The molecule has 6 heteroatoms. The Kier molecular flexibility index (Phi) is 3.36. The van der Waals surface area contributed by atoms with Crippen molar-refractivity contribution in [1.82, 2.24) is 10.6 Å². The SMILES string of the molecule is C[C@H]1CNCC[C@H]1NC(=O)C(F)(F)F. The van der Waals surface area contributed by atoms with E-state index in [-0.39, 0.29) is 12.0 Å². The summed E-state index contributed by atoms with van der Waals surface area (Å²) in [5.74, 6) is -1.80. The normalized spacial score (nSPS) is 28.6. The minimum Gasteiger partial charge on any atom is -0.345 e. The smallest absolute Gasteiger partial charge is 0.345 e. The van der Waals surface area contributed by atoms with Gasteiger partial charge in [0.2, 0.25) is 0 Å². The van der Waals surface area contributed by atoms with Crippen LogP contribution < -0.4 is 10.6 Å². The standard InChI is InChI=1S/C8H13F3N2O/c1-5-4-12-3-2-6(5)13-7(14)8(9,10)11/h5-6,12H,2-4H2,1H3,(H,13,14)/t5-,6+/m0/s1. The molecule has 0 saturated carbocycles. The number of hydrogen-bond acceptors (Lipinski definition) is 2. The van der Waals surface area contributed by atoms with Crippen molar-refractivity contribution in [3.8, 4) is 0 Å². The van der Waals surface area contributed by atoms with Crippen molar-refractivity contribution in [2.75, 3.05) is 13.1 Å². The second kappa shape index (κ2) is 4.16. The molecule has 1 fully saturated rings. The van der Waals surface area contributed by atoms with Crippen LogP contribution in [0.25, 0.3) is 0 Å². The Balaban J connectivity index is 2.46. The molecule has 0 radical (unpaired) electrons. The van der Waals surface area contributed by atoms with Crippen molar-refractivity contribution >= 4 is 5.91 Å². The van der Waals surface area contributed by atoms with E-state index in [4.69, 9.17) is 0 Å². The van der Waals surface area contributed by atoms with E-state index in [9.17, 15) is 18.0 Å². The Morgan fingerprint density at radius 2 is 2.14 bits per heavy atom. The van der Waals surface area contributed by atoms with E-state index in [1.807, 2.05) is 12.2 Å². The van der Waals surface area contributed by atoms with Crippen LogP contribution in [0.15, 0.2) is 0 Å². The van der Waals surface area contributed by atoms with Gasteiger partial charge in [0.25, 0.3) is 0 Å². The van der Waals surface area contributed by atoms with Crippen LogP contribution in [0.5, 0.6) is 0 Å². The van der Waals surface area contributed by atoms with Crippen LogP contribution in [-0.2, 0) is 4.79 Å². The average molecular weight is 210 g/mol. The first kappa shape index (κ1) is 11.3. The van der Waals surface area contributed by atoms with Gasteiger partial charge >= 0.3 is 12.1 Å². The lowest BCUT2D eigenvalue weighted by atomic mass is 9.95. The van der Waals surface area contributed by atoms with Crippen LogP contribution in [0.1, 0.15) is 13.3 Å². The Hall–Kier alpha value is -0.780. The summed E-state index contributed by atoms with van der Waals surface area (Å²) in [5, 5.41) is 5.05. The summed E-state index contributed by atoms with van der Waals surface area (Å²) in [6, 6.07) is -0.370. The first-order chi connectivity index (χ1) is 6.41. The number of alkyl halides is 3. The molecule has 0 unspecified atom stereocenters. The molecule has 0 spiro atoms. The molecule has 82 valence electrons. The van der Waals surface area contributed by atoms with Gasteiger partial charge < -0.3 is 10.6 Å². The van der Waals surface area contributed by atoms with Gasteiger partial charge in [0.15, 0.2) is 0 Å². The topological polar surface area (TPSA) is 41.1 Å². The van der Waals surface area contributed by atoms with Crippen molar-refractivity contribution in [3.63, 3.8) is 0 Å². The Bertz CT molecular complexity index is 217. The molecular formula is C8H13F3N2O. The third kappa shape index (κ3) is 2.87. The summed E-state index contributed by atoms with van der Waals surface area (Å²) in [4.78, 5) is 10.6. The van der Waals surface area contributed by atoms with Crippen molar-refractivity contribution in [2.24, 2.45) is 5.92 Å². The summed E-state index contributed by atoms with van der Waals surface area (Å²) < 4.78 is 35.7. The quantitative estimate of drug-likeness (QED) is 0.667. The van der Waals surface area contributed by atoms with E-state index in [0.29, 0.717) is 19.5 Å². The summed E-state index contributed by atoms with van der Waals surface area (Å²) in [6.07, 6.45) is -4.23. The van der Waals surface area contributed by atoms with E-state index in [1.165, 1.54) is 0 Å². The number of carbonyl (C=O) groups is 1. The average Bonchev–Trinajstić information content (AvgIpc) is 2.07. The monoisotopic (exact) mass is 210 g/mol. The second-order valence-corrected chi connectivity index (χ2v) is 3.55. The minimum atomic E-state index is -4.77. The predicted molar refractivity (Wildman–Crippen MR) is 44.6 cm³/mol. The molecule has 1 heterocycles. The molecule has 1 aliphatic heterocycles. The molecule has 0 bridgehead atoms. The van der Waals surface area contributed by atoms with Crippen LogP contribution in [-0.4, -0.2) is 31.2 Å². The molecule has 2 N–H and O–H groups in total. The summed E-state index contributed by atoms with van der Waals surface area (Å²) >= 11 is 0. The zero-order valence-corrected chi connectivity index (χ0v) is 7.82. The molecule has 2 atom stereocenters. The predicted octanol–water partition coefficient (Wildman–Crippen LogP) is 0.663. The lowest BCUT2D eigenvalue weighted by Crippen LogP contribution is -2.51. The summed E-state index contributed by atoms with van der Waals surface area (Å²) in [7, 11) is 0. The maximum atomic E-state index is 11.9. The van der Waals surface area contributed by atoms with E-state index in [1.54, 1.807) is 0 Å². The van der Waals surface area contributed by atoms with Crippen molar-refractivity contribution in [3.05, 3.63) is 0 Å². The number of amides is 1. The third-order valence-corrected chi connectivity index (χ3v) is 2.36. The lowest BCUT2D eigenvalue weighted by Gasteiger charge is -2.30. The molecule has 0 aromatic heterocycles. The van der Waals surface area contributed by atoms with Crippen LogP contribution >= 0.6 is 0 Å². The Morgan fingerprint density at radius 3 is 2.64 bits per heavy atom. The van der Waals surface area contributed by atoms with Gasteiger partial charge in [0.1, 0.15) is 0 Å².